The lowest BCUT2D eigenvalue weighted by Crippen LogP contribution is -2.35. The summed E-state index contributed by atoms with van der Waals surface area (Å²) in [6, 6.07) is 10.6. The highest BCUT2D eigenvalue weighted by atomic mass is 16.5. The van der Waals surface area contributed by atoms with Crippen LogP contribution in [0, 0.1) is 5.92 Å². The van der Waals surface area contributed by atoms with Crippen molar-refractivity contribution in [2.45, 2.75) is 39.7 Å². The van der Waals surface area contributed by atoms with Crippen LogP contribution in [0.3, 0.4) is 0 Å². The van der Waals surface area contributed by atoms with Crippen LogP contribution in [-0.4, -0.2) is 25.2 Å². The van der Waals surface area contributed by atoms with Crippen molar-refractivity contribution in [3.8, 4) is 0 Å². The molecular formula is C16H25NO2. The maximum absolute atomic E-state index is 11.4. The molecule has 0 saturated carbocycles. The van der Waals surface area contributed by atoms with Gasteiger partial charge in [0.1, 0.15) is 6.61 Å². The molecule has 0 aliphatic carbocycles. The third-order valence-electron chi connectivity index (χ3n) is 3.08. The molecule has 1 aromatic rings. The molecule has 1 rings (SSSR count). The molecule has 0 heterocycles. The quantitative estimate of drug-likeness (QED) is 0.733. The van der Waals surface area contributed by atoms with E-state index in [1.54, 1.807) is 0 Å². The van der Waals surface area contributed by atoms with Crippen molar-refractivity contribution in [2.24, 2.45) is 5.92 Å². The Kier molecular flexibility index (Phi) is 7.19. The van der Waals surface area contributed by atoms with Crippen LogP contribution in [0.2, 0.25) is 0 Å². The summed E-state index contributed by atoms with van der Waals surface area (Å²) in [4.78, 5) is 11.4. The summed E-state index contributed by atoms with van der Waals surface area (Å²) in [5.74, 6) is -0.176. The van der Waals surface area contributed by atoms with Crippen LogP contribution < -0.4 is 5.32 Å². The van der Waals surface area contributed by atoms with Crippen LogP contribution in [-0.2, 0) is 16.0 Å². The molecule has 0 amide bonds. The Bertz CT molecular complexity index is 362. The van der Waals surface area contributed by atoms with Crippen LogP contribution >= 0.6 is 0 Å². The molecule has 19 heavy (non-hydrogen) atoms. The SMILES string of the molecule is CCC(COC(=O)C(C)C)NCCc1ccccc1. The molecule has 0 saturated heterocycles. The molecule has 1 unspecified atom stereocenters. The van der Waals surface area contributed by atoms with Gasteiger partial charge in [0.25, 0.3) is 0 Å². The number of hydrogen-bond donors (Lipinski definition) is 1. The largest absolute Gasteiger partial charge is 0.464 e. The van der Waals surface area contributed by atoms with E-state index >= 15 is 0 Å². The zero-order chi connectivity index (χ0) is 14.1. The van der Waals surface area contributed by atoms with E-state index in [9.17, 15) is 4.79 Å². The molecule has 3 nitrogen and oxygen atoms in total. The van der Waals surface area contributed by atoms with Gasteiger partial charge in [0.2, 0.25) is 0 Å². The predicted molar refractivity (Wildman–Crippen MR) is 78.0 cm³/mol. The molecule has 0 aromatic heterocycles. The number of rotatable bonds is 8. The Morgan fingerprint density at radius 3 is 2.53 bits per heavy atom. The molecule has 0 fully saturated rings. The maximum atomic E-state index is 11.4. The van der Waals surface area contributed by atoms with Crippen molar-refractivity contribution in [3.63, 3.8) is 0 Å². The van der Waals surface area contributed by atoms with Gasteiger partial charge in [-0.2, -0.15) is 0 Å². The average molecular weight is 263 g/mol. The second-order valence-corrected chi connectivity index (χ2v) is 5.08. The van der Waals surface area contributed by atoms with E-state index in [2.05, 4.69) is 36.5 Å². The minimum absolute atomic E-state index is 0.0539. The molecule has 0 spiro atoms. The maximum Gasteiger partial charge on any atom is 0.308 e. The molecule has 0 bridgehead atoms. The van der Waals surface area contributed by atoms with Gasteiger partial charge in [0.15, 0.2) is 0 Å². The van der Waals surface area contributed by atoms with Gasteiger partial charge in [-0.05, 0) is 24.9 Å². The van der Waals surface area contributed by atoms with E-state index in [0.717, 1.165) is 19.4 Å². The summed E-state index contributed by atoms with van der Waals surface area (Å²) in [5, 5.41) is 3.43. The normalized spacial score (nSPS) is 12.4. The molecule has 1 N–H and O–H groups in total. The molecule has 1 atom stereocenters. The lowest BCUT2D eigenvalue weighted by atomic mass is 10.1. The molecule has 0 aliphatic heterocycles. The highest BCUT2D eigenvalue weighted by Crippen LogP contribution is 2.01. The highest BCUT2D eigenvalue weighted by Gasteiger charge is 2.12. The van der Waals surface area contributed by atoms with Crippen molar-refractivity contribution >= 4 is 5.97 Å². The standard InChI is InChI=1S/C16H25NO2/c1-4-15(12-19-16(18)13(2)3)17-11-10-14-8-6-5-7-9-14/h5-9,13,15,17H,4,10-12H2,1-3H3. The van der Waals surface area contributed by atoms with Gasteiger partial charge in [0.05, 0.1) is 5.92 Å². The Balaban J connectivity index is 2.23. The van der Waals surface area contributed by atoms with Crippen LogP contribution in [0.25, 0.3) is 0 Å². The second kappa shape index (κ2) is 8.70. The van der Waals surface area contributed by atoms with Crippen molar-refractivity contribution < 1.29 is 9.53 Å². The number of benzene rings is 1. The van der Waals surface area contributed by atoms with Gasteiger partial charge in [-0.1, -0.05) is 51.1 Å². The van der Waals surface area contributed by atoms with E-state index in [-0.39, 0.29) is 17.9 Å². The van der Waals surface area contributed by atoms with E-state index in [4.69, 9.17) is 4.74 Å². The number of hydrogen-bond acceptors (Lipinski definition) is 3. The number of ether oxygens (including phenoxy) is 1. The fraction of sp³-hybridized carbons (Fsp3) is 0.562. The second-order valence-electron chi connectivity index (χ2n) is 5.08. The lowest BCUT2D eigenvalue weighted by molar-refractivity contribution is -0.148. The van der Waals surface area contributed by atoms with Gasteiger partial charge in [-0.3, -0.25) is 4.79 Å². The fourth-order valence-electron chi connectivity index (χ4n) is 1.74. The van der Waals surface area contributed by atoms with Crippen molar-refractivity contribution in [3.05, 3.63) is 35.9 Å². The predicted octanol–water partition coefficient (Wildman–Crippen LogP) is 2.80. The van der Waals surface area contributed by atoms with Crippen LogP contribution in [0.15, 0.2) is 30.3 Å². The molecule has 1 aromatic carbocycles. The van der Waals surface area contributed by atoms with Gasteiger partial charge < -0.3 is 10.1 Å². The summed E-state index contributed by atoms with van der Waals surface area (Å²) in [7, 11) is 0. The molecule has 0 radical (unpaired) electrons. The molecule has 106 valence electrons. The summed E-state index contributed by atoms with van der Waals surface area (Å²) >= 11 is 0. The molecule has 3 heteroatoms. The number of esters is 1. The van der Waals surface area contributed by atoms with E-state index in [1.807, 2.05) is 19.9 Å². The lowest BCUT2D eigenvalue weighted by Gasteiger charge is -2.17. The van der Waals surface area contributed by atoms with Crippen LogP contribution in [0.5, 0.6) is 0 Å². The molecule has 0 aliphatic rings. The van der Waals surface area contributed by atoms with Crippen molar-refractivity contribution in [1.29, 1.82) is 0 Å². The fourth-order valence-corrected chi connectivity index (χ4v) is 1.74. The Morgan fingerprint density at radius 1 is 1.26 bits per heavy atom. The van der Waals surface area contributed by atoms with Gasteiger partial charge >= 0.3 is 5.97 Å². The Labute approximate surface area is 116 Å². The van der Waals surface area contributed by atoms with Crippen LogP contribution in [0.4, 0.5) is 0 Å². The number of carbonyl (C=O) groups excluding carboxylic acids is 1. The summed E-state index contributed by atoms with van der Waals surface area (Å²) in [5.41, 5.74) is 1.32. The van der Waals surface area contributed by atoms with E-state index in [0.29, 0.717) is 6.61 Å². The first-order valence-corrected chi connectivity index (χ1v) is 7.07. The zero-order valence-electron chi connectivity index (χ0n) is 12.2. The first kappa shape index (κ1) is 15.7. The van der Waals surface area contributed by atoms with Gasteiger partial charge in [-0.25, -0.2) is 0 Å². The first-order chi connectivity index (χ1) is 9.13. The Hall–Kier alpha value is -1.35. The van der Waals surface area contributed by atoms with E-state index in [1.165, 1.54) is 5.56 Å². The van der Waals surface area contributed by atoms with Crippen molar-refractivity contribution in [1.82, 2.24) is 5.32 Å². The van der Waals surface area contributed by atoms with Gasteiger partial charge in [-0.15, -0.1) is 0 Å². The number of carbonyl (C=O) groups is 1. The van der Waals surface area contributed by atoms with Crippen LogP contribution in [0.1, 0.15) is 32.8 Å². The zero-order valence-corrected chi connectivity index (χ0v) is 12.2. The highest BCUT2D eigenvalue weighted by molar-refractivity contribution is 5.71. The Morgan fingerprint density at radius 2 is 1.95 bits per heavy atom. The summed E-state index contributed by atoms with van der Waals surface area (Å²) in [6.45, 7) is 7.17. The third-order valence-corrected chi connectivity index (χ3v) is 3.08. The summed E-state index contributed by atoms with van der Waals surface area (Å²) < 4.78 is 5.26. The van der Waals surface area contributed by atoms with E-state index < -0.39 is 0 Å². The third kappa shape index (κ3) is 6.39. The van der Waals surface area contributed by atoms with Crippen molar-refractivity contribution in [2.75, 3.05) is 13.2 Å². The average Bonchev–Trinajstić information content (AvgIpc) is 2.43. The minimum atomic E-state index is -0.122. The molecular weight excluding hydrogens is 238 g/mol. The number of nitrogens with one attached hydrogen (secondary N) is 1. The van der Waals surface area contributed by atoms with Gasteiger partial charge in [0, 0.05) is 6.04 Å². The monoisotopic (exact) mass is 263 g/mol. The minimum Gasteiger partial charge on any atom is -0.464 e. The topological polar surface area (TPSA) is 38.3 Å². The first-order valence-electron chi connectivity index (χ1n) is 7.07. The smallest absolute Gasteiger partial charge is 0.308 e. The summed E-state index contributed by atoms with van der Waals surface area (Å²) in [6.07, 6.45) is 1.95.